The molecule has 0 saturated heterocycles. The highest BCUT2D eigenvalue weighted by molar-refractivity contribution is 5.92. The van der Waals surface area contributed by atoms with Crippen molar-refractivity contribution in [1.29, 1.82) is 0 Å². The molecule has 3 aromatic rings. The van der Waals surface area contributed by atoms with E-state index in [1.165, 1.54) is 24.8 Å². The molecule has 2 unspecified atom stereocenters. The first-order valence-corrected chi connectivity index (χ1v) is 12.9. The van der Waals surface area contributed by atoms with Crippen molar-refractivity contribution in [3.63, 3.8) is 0 Å². The van der Waals surface area contributed by atoms with Crippen LogP contribution in [-0.4, -0.2) is 30.4 Å². The van der Waals surface area contributed by atoms with Crippen molar-refractivity contribution >= 4 is 17.3 Å². The SMILES string of the molecule is Cc1nn(Cc2ccc(F)cc2)c(C)c1NC(=O)CC12CC3CC(C1)CC(n1cc([N+](=O)[O-])cn1)(C3)C2. The summed E-state index contributed by atoms with van der Waals surface area (Å²) < 4.78 is 16.9. The van der Waals surface area contributed by atoms with E-state index in [9.17, 15) is 19.3 Å². The second-order valence-electron chi connectivity index (χ2n) is 11.6. The van der Waals surface area contributed by atoms with Gasteiger partial charge in [-0.25, -0.2) is 4.39 Å². The van der Waals surface area contributed by atoms with Gasteiger partial charge >= 0.3 is 5.69 Å². The zero-order chi connectivity index (χ0) is 25.9. The summed E-state index contributed by atoms with van der Waals surface area (Å²) in [6.07, 6.45) is 9.31. The summed E-state index contributed by atoms with van der Waals surface area (Å²) in [6, 6.07) is 6.34. The van der Waals surface area contributed by atoms with Gasteiger partial charge in [0.1, 0.15) is 18.2 Å². The highest BCUT2D eigenvalue weighted by atomic mass is 19.1. The van der Waals surface area contributed by atoms with Gasteiger partial charge < -0.3 is 5.32 Å². The average Bonchev–Trinajstić information content (AvgIpc) is 3.42. The predicted molar refractivity (Wildman–Crippen MR) is 134 cm³/mol. The van der Waals surface area contributed by atoms with E-state index < -0.39 is 4.92 Å². The Bertz CT molecular complexity index is 1360. The predicted octanol–water partition coefficient (Wildman–Crippen LogP) is 5.12. The van der Waals surface area contributed by atoms with Gasteiger partial charge in [-0.2, -0.15) is 10.2 Å². The normalized spacial score (nSPS) is 28.0. The summed E-state index contributed by atoms with van der Waals surface area (Å²) in [7, 11) is 0. The van der Waals surface area contributed by atoms with E-state index in [-0.39, 0.29) is 28.4 Å². The van der Waals surface area contributed by atoms with Crippen molar-refractivity contribution in [3.8, 4) is 0 Å². The van der Waals surface area contributed by atoms with E-state index in [1.807, 2.05) is 23.2 Å². The van der Waals surface area contributed by atoms with Crippen LogP contribution < -0.4 is 5.32 Å². The van der Waals surface area contributed by atoms with E-state index in [0.717, 1.165) is 54.7 Å². The molecular weight excluding hydrogens is 475 g/mol. The van der Waals surface area contributed by atoms with Crippen LogP contribution in [0.1, 0.15) is 61.9 Å². The van der Waals surface area contributed by atoms with Crippen molar-refractivity contribution in [1.82, 2.24) is 19.6 Å². The number of nitrogens with one attached hydrogen (secondary N) is 1. The largest absolute Gasteiger partial charge is 0.323 e. The maximum atomic E-state index is 13.4. The van der Waals surface area contributed by atoms with Gasteiger partial charge in [-0.05, 0) is 87.3 Å². The van der Waals surface area contributed by atoms with Crippen LogP contribution in [0, 0.1) is 47.0 Å². The molecule has 2 heterocycles. The van der Waals surface area contributed by atoms with Gasteiger partial charge in [-0.1, -0.05) is 12.1 Å². The van der Waals surface area contributed by atoms with Crippen molar-refractivity contribution in [2.45, 2.75) is 70.9 Å². The van der Waals surface area contributed by atoms with Crippen LogP contribution in [0.25, 0.3) is 0 Å². The molecule has 2 aromatic heterocycles. The number of amides is 1. The number of aromatic nitrogens is 4. The van der Waals surface area contributed by atoms with E-state index >= 15 is 0 Å². The molecule has 1 aromatic carbocycles. The fraction of sp³-hybridized carbons (Fsp3) is 0.519. The highest BCUT2D eigenvalue weighted by Crippen LogP contribution is 2.65. The molecule has 4 aliphatic carbocycles. The fourth-order valence-corrected chi connectivity index (χ4v) is 7.86. The number of aryl methyl sites for hydroxylation is 1. The minimum Gasteiger partial charge on any atom is -0.323 e. The molecule has 4 saturated carbocycles. The Balaban J connectivity index is 1.20. The smallest absolute Gasteiger partial charge is 0.307 e. The number of nitro groups is 1. The second kappa shape index (κ2) is 8.49. The van der Waals surface area contributed by atoms with Crippen molar-refractivity contribution in [2.75, 3.05) is 5.32 Å². The number of carbonyl (C=O) groups is 1. The van der Waals surface area contributed by atoms with Crippen LogP contribution in [0.4, 0.5) is 15.8 Å². The summed E-state index contributed by atoms with van der Waals surface area (Å²) >= 11 is 0. The Kier molecular flexibility index (Phi) is 5.47. The van der Waals surface area contributed by atoms with Gasteiger partial charge in [0.15, 0.2) is 0 Å². The summed E-state index contributed by atoms with van der Waals surface area (Å²) in [6.45, 7) is 4.31. The molecule has 37 heavy (non-hydrogen) atoms. The standard InChI is InChI=1S/C27H31FN6O3/c1-17-25(18(2)32(31-17)14-19-3-5-22(28)6-4-19)30-24(35)12-26-8-20-7-21(9-26)11-27(10-20,16-26)33-15-23(13-29-33)34(36)37/h3-6,13,15,20-21H,7-12,14,16H2,1-2H3,(H,30,35). The molecule has 7 rings (SSSR count). The molecule has 4 aliphatic rings. The molecule has 1 N–H and O–H groups in total. The second-order valence-corrected chi connectivity index (χ2v) is 11.6. The third-order valence-corrected chi connectivity index (χ3v) is 8.84. The molecule has 0 spiro atoms. The third-order valence-electron chi connectivity index (χ3n) is 8.84. The molecule has 4 fully saturated rings. The number of halogens is 1. The van der Waals surface area contributed by atoms with Crippen LogP contribution in [0.5, 0.6) is 0 Å². The zero-order valence-corrected chi connectivity index (χ0v) is 21.1. The Hall–Kier alpha value is -3.56. The van der Waals surface area contributed by atoms with Gasteiger partial charge in [0.2, 0.25) is 5.91 Å². The topological polar surface area (TPSA) is 108 Å². The number of hydrogen-bond donors (Lipinski definition) is 1. The third kappa shape index (κ3) is 4.22. The lowest BCUT2D eigenvalue weighted by atomic mass is 9.46. The molecule has 2 atom stereocenters. The molecule has 10 heteroatoms. The number of nitrogens with zero attached hydrogens (tertiary/aromatic N) is 5. The van der Waals surface area contributed by atoms with E-state index in [2.05, 4.69) is 15.5 Å². The quantitative estimate of drug-likeness (QED) is 0.354. The van der Waals surface area contributed by atoms with Gasteiger partial charge in [0.25, 0.3) is 0 Å². The number of anilines is 1. The molecule has 0 aliphatic heterocycles. The van der Waals surface area contributed by atoms with Crippen molar-refractivity contribution in [2.24, 2.45) is 17.3 Å². The first-order valence-electron chi connectivity index (χ1n) is 12.9. The summed E-state index contributed by atoms with van der Waals surface area (Å²) in [5.41, 5.74) is 2.92. The number of hydrogen-bond acceptors (Lipinski definition) is 5. The lowest BCUT2D eigenvalue weighted by Gasteiger charge is -2.61. The number of carbonyl (C=O) groups excluding carboxylic acids is 1. The van der Waals surface area contributed by atoms with Crippen LogP contribution in [0.2, 0.25) is 0 Å². The van der Waals surface area contributed by atoms with Gasteiger partial charge in [-0.15, -0.1) is 0 Å². The van der Waals surface area contributed by atoms with E-state index in [4.69, 9.17) is 0 Å². The maximum Gasteiger partial charge on any atom is 0.307 e. The maximum absolute atomic E-state index is 13.4. The van der Waals surface area contributed by atoms with E-state index in [0.29, 0.717) is 24.8 Å². The minimum atomic E-state index is -0.395. The molecular formula is C27H31FN6O3. The Morgan fingerprint density at radius 1 is 1.19 bits per heavy atom. The Labute approximate surface area is 214 Å². The number of benzene rings is 1. The Morgan fingerprint density at radius 2 is 1.89 bits per heavy atom. The lowest BCUT2D eigenvalue weighted by Crippen LogP contribution is -2.57. The molecule has 0 radical (unpaired) electrons. The molecule has 9 nitrogen and oxygen atoms in total. The summed E-state index contributed by atoms with van der Waals surface area (Å²) in [5, 5.41) is 23.4. The van der Waals surface area contributed by atoms with Crippen LogP contribution >= 0.6 is 0 Å². The van der Waals surface area contributed by atoms with Crippen LogP contribution in [0.3, 0.4) is 0 Å². The molecule has 194 valence electrons. The fourth-order valence-electron chi connectivity index (χ4n) is 7.86. The first kappa shape index (κ1) is 23.8. The van der Waals surface area contributed by atoms with Gasteiger partial charge in [-0.3, -0.25) is 24.3 Å². The average molecular weight is 507 g/mol. The van der Waals surface area contributed by atoms with Crippen LogP contribution in [-0.2, 0) is 16.9 Å². The highest BCUT2D eigenvalue weighted by Gasteiger charge is 2.59. The first-order chi connectivity index (χ1) is 17.6. The number of rotatable bonds is 7. The summed E-state index contributed by atoms with van der Waals surface area (Å²) in [5.74, 6) is 0.733. The van der Waals surface area contributed by atoms with Crippen molar-refractivity contribution < 1.29 is 14.1 Å². The van der Waals surface area contributed by atoms with Gasteiger partial charge in [0.05, 0.1) is 34.1 Å². The molecule has 1 amide bonds. The Morgan fingerprint density at radius 3 is 2.54 bits per heavy atom. The van der Waals surface area contributed by atoms with E-state index in [1.54, 1.807) is 18.3 Å². The minimum absolute atomic E-state index is 0.0175. The van der Waals surface area contributed by atoms with Gasteiger partial charge in [0, 0.05) is 6.42 Å². The van der Waals surface area contributed by atoms with Crippen LogP contribution in [0.15, 0.2) is 36.7 Å². The zero-order valence-electron chi connectivity index (χ0n) is 21.1. The summed E-state index contributed by atoms with van der Waals surface area (Å²) in [4.78, 5) is 24.3. The van der Waals surface area contributed by atoms with Crippen molar-refractivity contribution in [3.05, 3.63) is 69.5 Å². The molecule has 4 bridgehead atoms. The monoisotopic (exact) mass is 506 g/mol. The lowest BCUT2D eigenvalue weighted by molar-refractivity contribution is -0.385.